The van der Waals surface area contributed by atoms with Gasteiger partial charge in [-0.2, -0.15) is 0 Å². The summed E-state index contributed by atoms with van der Waals surface area (Å²) in [5.74, 6) is 1.98. The molecule has 0 spiro atoms. The third-order valence-electron chi connectivity index (χ3n) is 4.25. The summed E-state index contributed by atoms with van der Waals surface area (Å²) in [4.78, 5) is 0. The Balaban J connectivity index is 1.49. The van der Waals surface area contributed by atoms with Gasteiger partial charge in [-0.25, -0.2) is 0 Å². The Morgan fingerprint density at radius 2 is 2.16 bits per heavy atom. The van der Waals surface area contributed by atoms with Crippen LogP contribution in [0.1, 0.15) is 31.2 Å². The molecular formula is C16H24N2O. The molecule has 3 rings (SSSR count). The monoisotopic (exact) mass is 260 g/mol. The fraction of sp³-hybridized carbons (Fsp3) is 0.625. The van der Waals surface area contributed by atoms with Crippen LogP contribution >= 0.6 is 0 Å². The maximum atomic E-state index is 5.64. The summed E-state index contributed by atoms with van der Waals surface area (Å²) in [5.41, 5.74) is 2.61. The van der Waals surface area contributed by atoms with E-state index in [4.69, 9.17) is 4.74 Å². The minimum absolute atomic E-state index is 0.871. The summed E-state index contributed by atoms with van der Waals surface area (Å²) in [7, 11) is 0. The molecular weight excluding hydrogens is 236 g/mol. The van der Waals surface area contributed by atoms with E-state index >= 15 is 0 Å². The van der Waals surface area contributed by atoms with E-state index in [0.29, 0.717) is 0 Å². The first-order valence-corrected chi connectivity index (χ1v) is 7.62. The largest absolute Gasteiger partial charge is 0.493 e. The molecule has 0 amide bonds. The van der Waals surface area contributed by atoms with Crippen molar-refractivity contribution >= 4 is 5.69 Å². The topological polar surface area (TPSA) is 33.3 Å². The normalized spacial score (nSPS) is 19.6. The van der Waals surface area contributed by atoms with Crippen LogP contribution in [0.2, 0.25) is 0 Å². The van der Waals surface area contributed by atoms with Gasteiger partial charge in [0.1, 0.15) is 5.75 Å². The average molecular weight is 260 g/mol. The fourth-order valence-electron chi connectivity index (χ4n) is 3.06. The molecule has 2 N–H and O–H groups in total. The summed E-state index contributed by atoms with van der Waals surface area (Å²) < 4.78 is 5.64. The Morgan fingerprint density at radius 3 is 3.05 bits per heavy atom. The molecule has 0 aromatic heterocycles. The van der Waals surface area contributed by atoms with E-state index in [9.17, 15) is 0 Å². The molecule has 104 valence electrons. The molecule has 3 nitrogen and oxygen atoms in total. The van der Waals surface area contributed by atoms with Crippen molar-refractivity contribution in [3.05, 3.63) is 23.8 Å². The van der Waals surface area contributed by atoms with Gasteiger partial charge in [0.05, 0.1) is 6.61 Å². The van der Waals surface area contributed by atoms with Crippen molar-refractivity contribution in [1.82, 2.24) is 5.32 Å². The zero-order valence-corrected chi connectivity index (χ0v) is 11.6. The highest BCUT2D eigenvalue weighted by Gasteiger charge is 2.13. The highest BCUT2D eigenvalue weighted by atomic mass is 16.5. The Hall–Kier alpha value is -1.22. The third kappa shape index (κ3) is 3.41. The summed E-state index contributed by atoms with van der Waals surface area (Å²) >= 11 is 0. The SMILES string of the molecule is c1cc2c(cc1NCCC1CCNCC1)CCCO2. The van der Waals surface area contributed by atoms with E-state index in [0.717, 1.165) is 37.7 Å². The summed E-state index contributed by atoms with van der Waals surface area (Å²) in [6.45, 7) is 4.35. The molecule has 0 bridgehead atoms. The zero-order chi connectivity index (χ0) is 12.9. The van der Waals surface area contributed by atoms with E-state index in [-0.39, 0.29) is 0 Å². The first-order valence-electron chi connectivity index (χ1n) is 7.62. The number of piperidine rings is 1. The van der Waals surface area contributed by atoms with Gasteiger partial charge in [-0.15, -0.1) is 0 Å². The molecule has 0 aliphatic carbocycles. The van der Waals surface area contributed by atoms with E-state index in [2.05, 4.69) is 28.8 Å². The second-order valence-electron chi connectivity index (χ2n) is 5.68. The van der Waals surface area contributed by atoms with Gasteiger partial charge >= 0.3 is 0 Å². The molecule has 3 heteroatoms. The Kier molecular flexibility index (Phi) is 4.23. The van der Waals surface area contributed by atoms with Gasteiger partial charge in [-0.3, -0.25) is 0 Å². The Labute approximate surface area is 115 Å². The van der Waals surface area contributed by atoms with E-state index in [1.807, 2.05) is 0 Å². The molecule has 1 saturated heterocycles. The van der Waals surface area contributed by atoms with Crippen LogP contribution in [0.25, 0.3) is 0 Å². The first-order chi connectivity index (χ1) is 9.42. The molecule has 19 heavy (non-hydrogen) atoms. The number of aryl methyl sites for hydroxylation is 1. The average Bonchev–Trinajstić information content (AvgIpc) is 2.48. The van der Waals surface area contributed by atoms with Crippen LogP contribution in [-0.2, 0) is 6.42 Å². The summed E-state index contributed by atoms with van der Waals surface area (Å²) in [5, 5.41) is 6.99. The summed E-state index contributed by atoms with van der Waals surface area (Å²) in [6.07, 6.45) is 6.25. The number of fused-ring (bicyclic) bond motifs is 1. The van der Waals surface area contributed by atoms with Crippen molar-refractivity contribution in [2.24, 2.45) is 5.92 Å². The number of anilines is 1. The summed E-state index contributed by atoms with van der Waals surface area (Å²) in [6, 6.07) is 6.52. The van der Waals surface area contributed by atoms with Crippen LogP contribution < -0.4 is 15.4 Å². The van der Waals surface area contributed by atoms with Crippen molar-refractivity contribution in [3.63, 3.8) is 0 Å². The molecule has 1 aromatic carbocycles. The lowest BCUT2D eigenvalue weighted by Gasteiger charge is -2.23. The molecule has 1 fully saturated rings. The molecule has 2 aliphatic heterocycles. The Bertz CT molecular complexity index is 413. The highest BCUT2D eigenvalue weighted by Crippen LogP contribution is 2.27. The van der Waals surface area contributed by atoms with E-state index in [1.165, 1.54) is 43.6 Å². The van der Waals surface area contributed by atoms with Crippen molar-refractivity contribution in [1.29, 1.82) is 0 Å². The molecule has 0 atom stereocenters. The second-order valence-corrected chi connectivity index (χ2v) is 5.68. The number of hydrogen-bond donors (Lipinski definition) is 2. The lowest BCUT2D eigenvalue weighted by molar-refractivity contribution is 0.288. The molecule has 0 radical (unpaired) electrons. The fourth-order valence-corrected chi connectivity index (χ4v) is 3.06. The second kappa shape index (κ2) is 6.29. The molecule has 0 unspecified atom stereocenters. The zero-order valence-electron chi connectivity index (χ0n) is 11.6. The van der Waals surface area contributed by atoms with Crippen LogP contribution in [0.5, 0.6) is 5.75 Å². The smallest absolute Gasteiger partial charge is 0.122 e. The minimum atomic E-state index is 0.871. The van der Waals surface area contributed by atoms with Gasteiger partial charge < -0.3 is 15.4 Å². The number of benzene rings is 1. The van der Waals surface area contributed by atoms with Gasteiger partial charge in [-0.05, 0) is 74.9 Å². The van der Waals surface area contributed by atoms with Gasteiger partial charge in [0, 0.05) is 12.2 Å². The molecule has 1 aromatic rings. The van der Waals surface area contributed by atoms with E-state index < -0.39 is 0 Å². The Morgan fingerprint density at radius 1 is 1.26 bits per heavy atom. The first kappa shape index (κ1) is 12.8. The standard InChI is InChI=1S/C16H24N2O/c1-2-14-12-15(3-4-16(14)19-11-1)18-10-7-13-5-8-17-9-6-13/h3-4,12-13,17-18H,1-2,5-11H2. The molecule has 2 aliphatic rings. The number of rotatable bonds is 4. The van der Waals surface area contributed by atoms with Crippen LogP contribution in [0.3, 0.4) is 0 Å². The van der Waals surface area contributed by atoms with Crippen LogP contribution in [0.4, 0.5) is 5.69 Å². The number of hydrogen-bond acceptors (Lipinski definition) is 3. The predicted octanol–water partition coefficient (Wildman–Crippen LogP) is 2.81. The van der Waals surface area contributed by atoms with E-state index in [1.54, 1.807) is 0 Å². The van der Waals surface area contributed by atoms with Crippen LogP contribution in [-0.4, -0.2) is 26.2 Å². The maximum absolute atomic E-state index is 5.64. The quantitative estimate of drug-likeness (QED) is 0.873. The highest BCUT2D eigenvalue weighted by molar-refractivity contribution is 5.51. The van der Waals surface area contributed by atoms with Crippen molar-refractivity contribution < 1.29 is 4.74 Å². The van der Waals surface area contributed by atoms with Gasteiger partial charge in [0.15, 0.2) is 0 Å². The van der Waals surface area contributed by atoms with Crippen LogP contribution in [0.15, 0.2) is 18.2 Å². The van der Waals surface area contributed by atoms with Gasteiger partial charge in [-0.1, -0.05) is 0 Å². The molecule has 2 heterocycles. The predicted molar refractivity (Wildman–Crippen MR) is 79.0 cm³/mol. The van der Waals surface area contributed by atoms with Crippen LogP contribution in [0, 0.1) is 5.92 Å². The maximum Gasteiger partial charge on any atom is 0.122 e. The van der Waals surface area contributed by atoms with Crippen molar-refractivity contribution in [2.45, 2.75) is 32.1 Å². The third-order valence-corrected chi connectivity index (χ3v) is 4.25. The van der Waals surface area contributed by atoms with Crippen molar-refractivity contribution in [2.75, 3.05) is 31.6 Å². The molecule has 0 saturated carbocycles. The van der Waals surface area contributed by atoms with Crippen molar-refractivity contribution in [3.8, 4) is 5.75 Å². The van der Waals surface area contributed by atoms with Gasteiger partial charge in [0.2, 0.25) is 0 Å². The lowest BCUT2D eigenvalue weighted by atomic mass is 9.95. The minimum Gasteiger partial charge on any atom is -0.493 e. The van der Waals surface area contributed by atoms with Gasteiger partial charge in [0.25, 0.3) is 0 Å². The number of ether oxygens (including phenoxy) is 1. The lowest BCUT2D eigenvalue weighted by Crippen LogP contribution is -2.28. The number of nitrogens with one attached hydrogen (secondary N) is 2.